The SMILES string of the molecule is C[C@H](CO)C1CCC2C3CCC4CC(=O)CCC4(C)C3CCC21C. The molecular weight excluding hydrogens is 296 g/mol. The Hall–Kier alpha value is -0.370. The smallest absolute Gasteiger partial charge is 0.133 e. The minimum absolute atomic E-state index is 0.350. The number of aliphatic hydroxyl groups is 1. The van der Waals surface area contributed by atoms with Crippen molar-refractivity contribution in [1.82, 2.24) is 0 Å². The molecule has 0 aromatic carbocycles. The highest BCUT2D eigenvalue weighted by Gasteiger charge is 2.60. The maximum Gasteiger partial charge on any atom is 0.133 e. The summed E-state index contributed by atoms with van der Waals surface area (Å²) in [6.07, 6.45) is 10.9. The lowest BCUT2D eigenvalue weighted by Crippen LogP contribution is -2.53. The van der Waals surface area contributed by atoms with E-state index in [-0.39, 0.29) is 0 Å². The van der Waals surface area contributed by atoms with Gasteiger partial charge < -0.3 is 5.11 Å². The van der Waals surface area contributed by atoms with Crippen molar-refractivity contribution >= 4 is 5.78 Å². The van der Waals surface area contributed by atoms with Crippen LogP contribution in [0.5, 0.6) is 0 Å². The molecule has 0 heterocycles. The maximum atomic E-state index is 12.0. The van der Waals surface area contributed by atoms with Gasteiger partial charge in [0, 0.05) is 19.4 Å². The molecule has 24 heavy (non-hydrogen) atoms. The zero-order valence-corrected chi connectivity index (χ0v) is 15.9. The highest BCUT2D eigenvalue weighted by Crippen LogP contribution is 2.67. The van der Waals surface area contributed by atoms with Crippen molar-refractivity contribution in [2.24, 2.45) is 46.3 Å². The van der Waals surface area contributed by atoms with Crippen molar-refractivity contribution < 1.29 is 9.90 Å². The van der Waals surface area contributed by atoms with Crippen molar-refractivity contribution in [2.45, 2.75) is 78.6 Å². The summed E-state index contributed by atoms with van der Waals surface area (Å²) in [4.78, 5) is 12.0. The van der Waals surface area contributed by atoms with E-state index in [1.165, 1.54) is 38.5 Å². The number of hydrogen-bond donors (Lipinski definition) is 1. The van der Waals surface area contributed by atoms with Crippen molar-refractivity contribution in [3.8, 4) is 0 Å². The van der Waals surface area contributed by atoms with Crippen LogP contribution < -0.4 is 0 Å². The van der Waals surface area contributed by atoms with Gasteiger partial charge in [-0.05, 0) is 91.3 Å². The van der Waals surface area contributed by atoms with Crippen LogP contribution in [0.25, 0.3) is 0 Å². The first-order valence-electron chi connectivity index (χ1n) is 10.5. The zero-order valence-electron chi connectivity index (χ0n) is 15.9. The topological polar surface area (TPSA) is 37.3 Å². The quantitative estimate of drug-likeness (QED) is 0.785. The van der Waals surface area contributed by atoms with Gasteiger partial charge in [-0.25, -0.2) is 0 Å². The van der Waals surface area contributed by atoms with Crippen molar-refractivity contribution in [3.05, 3.63) is 0 Å². The number of aliphatic hydroxyl groups excluding tert-OH is 1. The molecule has 0 bridgehead atoms. The molecule has 0 aromatic rings. The minimum atomic E-state index is 0.350. The Kier molecular flexibility index (Phi) is 4.14. The maximum absolute atomic E-state index is 12.0. The van der Waals surface area contributed by atoms with Crippen LogP contribution in [0.15, 0.2) is 0 Å². The van der Waals surface area contributed by atoms with Gasteiger partial charge in [-0.3, -0.25) is 4.79 Å². The van der Waals surface area contributed by atoms with Crippen LogP contribution in [0.1, 0.15) is 78.6 Å². The molecule has 4 fully saturated rings. The molecule has 4 saturated carbocycles. The first-order chi connectivity index (χ1) is 11.4. The summed E-state index contributed by atoms with van der Waals surface area (Å²) >= 11 is 0. The summed E-state index contributed by atoms with van der Waals surface area (Å²) in [5.74, 6) is 4.96. The zero-order chi connectivity index (χ0) is 17.1. The Morgan fingerprint density at radius 2 is 1.79 bits per heavy atom. The fourth-order valence-corrected chi connectivity index (χ4v) is 8.15. The van der Waals surface area contributed by atoms with Crippen molar-refractivity contribution in [3.63, 3.8) is 0 Å². The third kappa shape index (κ3) is 2.27. The van der Waals surface area contributed by atoms with Gasteiger partial charge in [0.25, 0.3) is 0 Å². The Morgan fingerprint density at radius 3 is 2.54 bits per heavy atom. The van der Waals surface area contributed by atoms with Crippen molar-refractivity contribution in [2.75, 3.05) is 6.61 Å². The summed E-state index contributed by atoms with van der Waals surface area (Å²) in [7, 11) is 0. The normalized spacial score (nSPS) is 52.3. The van der Waals surface area contributed by atoms with E-state index in [4.69, 9.17) is 0 Å². The molecule has 7 unspecified atom stereocenters. The molecule has 1 N–H and O–H groups in total. The van der Waals surface area contributed by atoms with Crippen molar-refractivity contribution in [1.29, 1.82) is 0 Å². The average molecular weight is 333 g/mol. The lowest BCUT2D eigenvalue weighted by Gasteiger charge is -2.60. The first kappa shape index (κ1) is 17.1. The summed E-state index contributed by atoms with van der Waals surface area (Å²) in [6, 6.07) is 0. The van der Waals surface area contributed by atoms with Gasteiger partial charge in [-0.1, -0.05) is 20.8 Å². The molecule has 4 rings (SSSR count). The highest BCUT2D eigenvalue weighted by atomic mass is 16.3. The fraction of sp³-hybridized carbons (Fsp3) is 0.955. The lowest BCUT2D eigenvalue weighted by atomic mass is 9.44. The van der Waals surface area contributed by atoms with E-state index in [0.29, 0.717) is 41.0 Å². The van der Waals surface area contributed by atoms with E-state index >= 15 is 0 Å². The first-order valence-corrected chi connectivity index (χ1v) is 10.5. The Labute approximate surface area is 147 Å². The standard InChI is InChI=1S/C22H36O2/c1-14(13-23)18-6-7-19-17-5-4-15-12-16(24)8-10-21(15,2)20(17)9-11-22(18,19)3/h14-15,17-20,23H,4-13H2,1-3H3/t14-,15?,17?,18?,19?,20?,21?,22?/m1/s1. The van der Waals surface area contributed by atoms with E-state index in [2.05, 4.69) is 20.8 Å². The summed E-state index contributed by atoms with van der Waals surface area (Å²) in [5, 5.41) is 9.72. The molecule has 0 aromatic heterocycles. The summed E-state index contributed by atoms with van der Waals surface area (Å²) < 4.78 is 0. The minimum Gasteiger partial charge on any atom is -0.396 e. The highest BCUT2D eigenvalue weighted by molar-refractivity contribution is 5.79. The van der Waals surface area contributed by atoms with Crippen LogP contribution in [-0.2, 0) is 4.79 Å². The molecule has 2 nitrogen and oxygen atoms in total. The van der Waals surface area contributed by atoms with Gasteiger partial charge in [-0.15, -0.1) is 0 Å². The predicted molar refractivity (Wildman–Crippen MR) is 96.5 cm³/mol. The van der Waals surface area contributed by atoms with Crippen LogP contribution in [0.2, 0.25) is 0 Å². The van der Waals surface area contributed by atoms with E-state index < -0.39 is 0 Å². The van der Waals surface area contributed by atoms with E-state index in [1.807, 2.05) is 0 Å². The lowest BCUT2D eigenvalue weighted by molar-refractivity contribution is -0.140. The van der Waals surface area contributed by atoms with Gasteiger partial charge in [0.1, 0.15) is 5.78 Å². The van der Waals surface area contributed by atoms with Crippen LogP contribution in [0.4, 0.5) is 0 Å². The monoisotopic (exact) mass is 332 g/mol. The number of fused-ring (bicyclic) bond motifs is 5. The summed E-state index contributed by atoms with van der Waals surface area (Å²) in [6.45, 7) is 7.70. The number of carbonyl (C=O) groups excluding carboxylic acids is 1. The number of Topliss-reactive ketones (excluding diaryl/α,β-unsaturated/α-hetero) is 1. The molecule has 0 aliphatic heterocycles. The second-order valence-electron chi connectivity index (χ2n) is 10.3. The van der Waals surface area contributed by atoms with Gasteiger partial charge >= 0.3 is 0 Å². The second kappa shape index (κ2) is 5.83. The van der Waals surface area contributed by atoms with Crippen LogP contribution >= 0.6 is 0 Å². The fourth-order valence-electron chi connectivity index (χ4n) is 8.15. The summed E-state index contributed by atoms with van der Waals surface area (Å²) in [5.41, 5.74) is 0.885. The van der Waals surface area contributed by atoms with E-state index in [9.17, 15) is 9.90 Å². The third-order valence-electron chi connectivity index (χ3n) is 9.53. The van der Waals surface area contributed by atoms with Crippen LogP contribution in [-0.4, -0.2) is 17.5 Å². The van der Waals surface area contributed by atoms with Crippen LogP contribution in [0, 0.1) is 46.3 Å². The second-order valence-corrected chi connectivity index (χ2v) is 10.3. The molecular formula is C22H36O2. The number of carbonyl (C=O) groups is 1. The van der Waals surface area contributed by atoms with Gasteiger partial charge in [0.05, 0.1) is 0 Å². The number of hydrogen-bond acceptors (Lipinski definition) is 2. The molecule has 4 aliphatic carbocycles. The average Bonchev–Trinajstić information content (AvgIpc) is 2.92. The molecule has 8 atom stereocenters. The Balaban J connectivity index is 1.60. The predicted octanol–water partition coefficient (Wildman–Crippen LogP) is 4.84. The Bertz CT molecular complexity index is 514. The largest absolute Gasteiger partial charge is 0.396 e. The number of rotatable bonds is 2. The molecule has 0 amide bonds. The molecule has 136 valence electrons. The van der Waals surface area contributed by atoms with E-state index in [1.54, 1.807) is 0 Å². The van der Waals surface area contributed by atoms with Crippen LogP contribution in [0.3, 0.4) is 0 Å². The van der Waals surface area contributed by atoms with Gasteiger partial charge in [0.2, 0.25) is 0 Å². The molecule has 0 saturated heterocycles. The Morgan fingerprint density at radius 1 is 1.04 bits per heavy atom. The molecule has 4 aliphatic rings. The van der Waals surface area contributed by atoms with Gasteiger partial charge in [-0.2, -0.15) is 0 Å². The van der Waals surface area contributed by atoms with E-state index in [0.717, 1.165) is 37.0 Å². The molecule has 0 radical (unpaired) electrons. The third-order valence-corrected chi connectivity index (χ3v) is 9.53. The molecule has 0 spiro atoms. The van der Waals surface area contributed by atoms with Gasteiger partial charge in [0.15, 0.2) is 0 Å². The molecule has 2 heteroatoms. The number of ketones is 1.